The Labute approximate surface area is 187 Å². The lowest BCUT2D eigenvalue weighted by Gasteiger charge is -2.31. The van der Waals surface area contributed by atoms with Crippen LogP contribution in [0.5, 0.6) is 0 Å². The molecule has 0 radical (unpaired) electrons. The van der Waals surface area contributed by atoms with Crippen LogP contribution in [0.4, 0.5) is 10.1 Å². The van der Waals surface area contributed by atoms with Crippen molar-refractivity contribution in [1.82, 2.24) is 9.80 Å². The fourth-order valence-corrected chi connectivity index (χ4v) is 4.85. The third-order valence-electron chi connectivity index (χ3n) is 6.37. The van der Waals surface area contributed by atoms with Gasteiger partial charge in [0.15, 0.2) is 0 Å². The summed E-state index contributed by atoms with van der Waals surface area (Å²) in [6.07, 6.45) is 5.45. The second-order valence-electron chi connectivity index (χ2n) is 8.77. The third kappa shape index (κ3) is 6.74. The number of fused-ring (bicyclic) bond motifs is 3. The Balaban J connectivity index is 0.000000913. The molecular weight excluding hydrogens is 417 g/mol. The Kier molecular flexibility index (Phi) is 8.99. The minimum atomic E-state index is -0.442. The molecule has 8 nitrogen and oxygen atoms in total. The average molecular weight is 450 g/mol. The molecule has 1 aromatic rings. The van der Waals surface area contributed by atoms with Crippen LogP contribution in [0.3, 0.4) is 0 Å². The number of carbonyl (C=O) groups excluding carboxylic acids is 2. The molecule has 3 aliphatic rings. The molecule has 0 aromatic heterocycles. The minimum absolute atomic E-state index is 0.0126. The molecule has 1 saturated carbocycles. The summed E-state index contributed by atoms with van der Waals surface area (Å²) in [6, 6.07) is 6.16. The molecule has 2 heterocycles. The molecule has 4 rings (SSSR count). The fraction of sp³-hybridized carbons (Fsp3) is 0.609. The highest BCUT2D eigenvalue weighted by Gasteiger charge is 2.36. The Bertz CT molecular complexity index is 787. The predicted molar refractivity (Wildman–Crippen MR) is 117 cm³/mol. The van der Waals surface area contributed by atoms with Gasteiger partial charge in [0.05, 0.1) is 31.5 Å². The Hall–Kier alpha value is -2.52. The summed E-state index contributed by atoms with van der Waals surface area (Å²) in [7, 11) is 0. The number of carboxylic acid groups (broad SMARTS) is 1. The highest BCUT2D eigenvalue weighted by atomic mass is 19.1. The second-order valence-corrected chi connectivity index (χ2v) is 8.77. The number of para-hydroxylation sites is 1. The minimum Gasteiger partial charge on any atom is -0.483 e. The lowest BCUT2D eigenvalue weighted by molar-refractivity contribution is -0.134. The van der Waals surface area contributed by atoms with Crippen LogP contribution in [0.15, 0.2) is 24.3 Å². The molecule has 9 heteroatoms. The Morgan fingerprint density at radius 2 is 1.88 bits per heavy atom. The second kappa shape index (κ2) is 11.9. The smallest absolute Gasteiger partial charge is 0.290 e. The van der Waals surface area contributed by atoms with Crippen LogP contribution >= 0.6 is 0 Å². The van der Waals surface area contributed by atoms with E-state index < -0.39 is 5.82 Å². The number of hydrogen-bond acceptors (Lipinski definition) is 5. The van der Waals surface area contributed by atoms with Crippen molar-refractivity contribution in [1.29, 1.82) is 0 Å². The molecule has 2 saturated heterocycles. The summed E-state index contributed by atoms with van der Waals surface area (Å²) in [5, 5.41) is 9.55. The Morgan fingerprint density at radius 1 is 1.16 bits per heavy atom. The van der Waals surface area contributed by atoms with Crippen LogP contribution in [0, 0.1) is 17.7 Å². The SMILES string of the molecule is O=C(CN1C[C@H]2COC[C@@H]1CN(C(=O)CC1CCCC1)C2)Nc1ccccc1F.O=CO. The van der Waals surface area contributed by atoms with Crippen LogP contribution in [0.2, 0.25) is 0 Å². The normalized spacial score (nSPS) is 23.6. The number of anilines is 1. The van der Waals surface area contributed by atoms with Gasteiger partial charge in [-0.2, -0.15) is 0 Å². The van der Waals surface area contributed by atoms with E-state index in [1.54, 1.807) is 18.2 Å². The van der Waals surface area contributed by atoms with Crippen molar-refractivity contribution in [2.24, 2.45) is 11.8 Å². The highest BCUT2D eigenvalue weighted by Crippen LogP contribution is 2.29. The van der Waals surface area contributed by atoms with Crippen LogP contribution in [0.1, 0.15) is 32.1 Å². The Morgan fingerprint density at radius 3 is 2.59 bits per heavy atom. The lowest BCUT2D eigenvalue weighted by atomic mass is 10.0. The molecule has 176 valence electrons. The number of carbonyl (C=O) groups is 3. The first-order valence-corrected chi connectivity index (χ1v) is 11.2. The van der Waals surface area contributed by atoms with Crippen molar-refractivity contribution in [2.75, 3.05) is 44.7 Å². The number of halogens is 1. The van der Waals surface area contributed by atoms with Gasteiger partial charge in [-0.3, -0.25) is 19.3 Å². The van der Waals surface area contributed by atoms with E-state index in [2.05, 4.69) is 10.2 Å². The molecule has 32 heavy (non-hydrogen) atoms. The highest BCUT2D eigenvalue weighted by molar-refractivity contribution is 5.92. The predicted octanol–water partition coefficient (Wildman–Crippen LogP) is 2.20. The van der Waals surface area contributed by atoms with Gasteiger partial charge in [0.1, 0.15) is 5.82 Å². The van der Waals surface area contributed by atoms with Gasteiger partial charge in [-0.25, -0.2) is 4.39 Å². The monoisotopic (exact) mass is 449 g/mol. The number of benzene rings is 1. The van der Waals surface area contributed by atoms with E-state index in [1.807, 2.05) is 4.90 Å². The maximum Gasteiger partial charge on any atom is 0.290 e. The summed E-state index contributed by atoms with van der Waals surface area (Å²) in [4.78, 5) is 37.9. The summed E-state index contributed by atoms with van der Waals surface area (Å²) in [5.41, 5.74) is 0.194. The number of rotatable bonds is 5. The van der Waals surface area contributed by atoms with Crippen molar-refractivity contribution in [3.63, 3.8) is 0 Å². The first kappa shape index (κ1) is 24.1. The molecule has 2 aliphatic heterocycles. The zero-order valence-corrected chi connectivity index (χ0v) is 18.2. The van der Waals surface area contributed by atoms with E-state index in [1.165, 1.54) is 18.9 Å². The largest absolute Gasteiger partial charge is 0.483 e. The quantitative estimate of drug-likeness (QED) is 0.669. The van der Waals surface area contributed by atoms with Gasteiger partial charge in [0, 0.05) is 32.0 Å². The fourth-order valence-electron chi connectivity index (χ4n) is 4.85. The van der Waals surface area contributed by atoms with Crippen LogP contribution < -0.4 is 5.32 Å². The van der Waals surface area contributed by atoms with E-state index in [9.17, 15) is 14.0 Å². The van der Waals surface area contributed by atoms with Gasteiger partial charge in [-0.1, -0.05) is 25.0 Å². The standard InChI is InChI=1S/C22H30FN3O3.CH2O2/c23-19-7-3-4-8-20(19)24-21(27)13-25-10-17-11-26(12-18(25)15-29-14-17)22(28)9-16-5-1-2-6-16;2-1-3/h3-4,7-8,16-18H,1-2,5-6,9-15H2,(H,24,27);1H,(H,2,3)/t17-,18+;/m1./s1. The van der Waals surface area contributed by atoms with Gasteiger partial charge in [0.2, 0.25) is 11.8 Å². The van der Waals surface area contributed by atoms with Crippen molar-refractivity contribution in [2.45, 2.75) is 38.1 Å². The lowest BCUT2D eigenvalue weighted by Crippen LogP contribution is -2.48. The van der Waals surface area contributed by atoms with E-state index in [-0.39, 0.29) is 42.5 Å². The number of ether oxygens (including phenoxy) is 1. The molecule has 0 spiro atoms. The van der Waals surface area contributed by atoms with Crippen molar-refractivity contribution in [3.05, 3.63) is 30.1 Å². The van der Waals surface area contributed by atoms with E-state index in [0.29, 0.717) is 45.2 Å². The average Bonchev–Trinajstić information content (AvgIpc) is 3.10. The van der Waals surface area contributed by atoms with Gasteiger partial charge in [-0.15, -0.1) is 0 Å². The first-order chi connectivity index (χ1) is 15.5. The molecule has 2 N–H and O–H groups in total. The molecule has 3 fully saturated rings. The maximum atomic E-state index is 13.8. The third-order valence-corrected chi connectivity index (χ3v) is 6.37. The van der Waals surface area contributed by atoms with E-state index >= 15 is 0 Å². The first-order valence-electron chi connectivity index (χ1n) is 11.2. The number of hydrogen-bond donors (Lipinski definition) is 2. The van der Waals surface area contributed by atoms with E-state index in [0.717, 1.165) is 12.8 Å². The zero-order chi connectivity index (χ0) is 22.9. The number of amides is 2. The van der Waals surface area contributed by atoms with Gasteiger partial charge >= 0.3 is 0 Å². The van der Waals surface area contributed by atoms with E-state index in [4.69, 9.17) is 14.6 Å². The van der Waals surface area contributed by atoms with Gasteiger partial charge in [-0.05, 0) is 30.9 Å². The maximum absolute atomic E-state index is 13.8. The molecule has 1 aromatic carbocycles. The zero-order valence-electron chi connectivity index (χ0n) is 18.2. The molecule has 2 bridgehead atoms. The molecule has 0 unspecified atom stereocenters. The van der Waals surface area contributed by atoms with Crippen molar-refractivity contribution < 1.29 is 28.6 Å². The molecule has 1 aliphatic carbocycles. The number of nitrogens with zero attached hydrogens (tertiary/aromatic N) is 2. The summed E-state index contributed by atoms with van der Waals surface area (Å²) < 4.78 is 19.6. The van der Waals surface area contributed by atoms with Crippen molar-refractivity contribution >= 4 is 24.0 Å². The molecule has 2 amide bonds. The molecular formula is C23H32FN3O5. The summed E-state index contributed by atoms with van der Waals surface area (Å²) in [5.74, 6) is 0.279. The molecule has 2 atom stereocenters. The van der Waals surface area contributed by atoms with Crippen LogP contribution in [-0.4, -0.2) is 78.6 Å². The van der Waals surface area contributed by atoms with Crippen molar-refractivity contribution in [3.8, 4) is 0 Å². The van der Waals surface area contributed by atoms with Crippen LogP contribution in [-0.2, 0) is 19.1 Å². The summed E-state index contributed by atoms with van der Waals surface area (Å²) >= 11 is 0. The summed E-state index contributed by atoms with van der Waals surface area (Å²) in [6.45, 7) is 3.03. The van der Waals surface area contributed by atoms with Crippen LogP contribution in [0.25, 0.3) is 0 Å². The number of nitrogens with one attached hydrogen (secondary N) is 1. The topological polar surface area (TPSA) is 99.2 Å². The van der Waals surface area contributed by atoms with Gasteiger partial charge < -0.3 is 20.1 Å². The van der Waals surface area contributed by atoms with Gasteiger partial charge in [0.25, 0.3) is 6.47 Å².